The molecular formula is C28H32N6O3. The summed E-state index contributed by atoms with van der Waals surface area (Å²) in [5, 5.41) is 17.3. The number of benzene rings is 2. The van der Waals surface area contributed by atoms with Crippen molar-refractivity contribution in [3.8, 4) is 11.3 Å². The van der Waals surface area contributed by atoms with Gasteiger partial charge in [-0.3, -0.25) is 14.4 Å². The fourth-order valence-corrected chi connectivity index (χ4v) is 4.22. The van der Waals surface area contributed by atoms with Crippen LogP contribution < -0.4 is 20.9 Å². The topological polar surface area (TPSA) is 116 Å². The van der Waals surface area contributed by atoms with Gasteiger partial charge in [0.1, 0.15) is 0 Å². The highest BCUT2D eigenvalue weighted by Crippen LogP contribution is 2.23. The zero-order valence-electron chi connectivity index (χ0n) is 20.9. The molecule has 9 heteroatoms. The van der Waals surface area contributed by atoms with E-state index in [1.54, 1.807) is 31.2 Å². The van der Waals surface area contributed by atoms with Crippen molar-refractivity contribution in [3.63, 3.8) is 0 Å². The highest BCUT2D eigenvalue weighted by molar-refractivity contribution is 5.95. The van der Waals surface area contributed by atoms with E-state index in [1.807, 2.05) is 42.5 Å². The molecule has 1 aliphatic rings. The molecule has 0 bridgehead atoms. The SMILES string of the molecule is CCC(=O)Nc1ccc(C(=O)NCCNC(=O)C2CCCN(c3ccc(-c4ccccc4)nn3)C2)cc1. The van der Waals surface area contributed by atoms with Gasteiger partial charge in [-0.2, -0.15) is 0 Å². The molecule has 2 heterocycles. The van der Waals surface area contributed by atoms with Crippen LogP contribution in [0.15, 0.2) is 66.7 Å². The minimum absolute atomic E-state index is 0.0242. The van der Waals surface area contributed by atoms with Crippen LogP contribution in [0, 0.1) is 5.92 Å². The Morgan fingerprint density at radius 1 is 0.919 bits per heavy atom. The van der Waals surface area contributed by atoms with Gasteiger partial charge in [-0.25, -0.2) is 0 Å². The van der Waals surface area contributed by atoms with Crippen molar-refractivity contribution in [2.45, 2.75) is 26.2 Å². The second-order valence-electron chi connectivity index (χ2n) is 8.95. The molecule has 1 aliphatic heterocycles. The lowest BCUT2D eigenvalue weighted by Gasteiger charge is -2.32. The molecule has 0 radical (unpaired) electrons. The molecule has 1 aromatic heterocycles. The summed E-state index contributed by atoms with van der Waals surface area (Å²) in [5.41, 5.74) is 2.97. The smallest absolute Gasteiger partial charge is 0.251 e. The van der Waals surface area contributed by atoms with E-state index in [0.29, 0.717) is 37.3 Å². The van der Waals surface area contributed by atoms with Gasteiger partial charge < -0.3 is 20.9 Å². The lowest BCUT2D eigenvalue weighted by Crippen LogP contribution is -2.45. The molecule has 9 nitrogen and oxygen atoms in total. The zero-order valence-corrected chi connectivity index (χ0v) is 20.9. The standard InChI is InChI=1S/C28H32N6O3/c1-2-26(35)31-23-12-10-21(11-13-23)27(36)29-16-17-30-28(37)22-9-6-18-34(19-22)25-15-14-24(32-33-25)20-7-4-3-5-8-20/h3-5,7-8,10-15,22H,2,6,9,16-19H2,1H3,(H,29,36)(H,30,37)(H,31,35). The maximum Gasteiger partial charge on any atom is 0.251 e. The normalized spacial score (nSPS) is 15.1. The van der Waals surface area contributed by atoms with Crippen LogP contribution in [0.5, 0.6) is 0 Å². The molecule has 37 heavy (non-hydrogen) atoms. The Balaban J connectivity index is 1.21. The highest BCUT2D eigenvalue weighted by atomic mass is 16.2. The van der Waals surface area contributed by atoms with Crippen LogP contribution in [-0.4, -0.2) is 54.1 Å². The minimum Gasteiger partial charge on any atom is -0.354 e. The summed E-state index contributed by atoms with van der Waals surface area (Å²) < 4.78 is 0. The van der Waals surface area contributed by atoms with Crippen molar-refractivity contribution >= 4 is 29.2 Å². The summed E-state index contributed by atoms with van der Waals surface area (Å²) in [6.07, 6.45) is 2.10. The molecule has 1 atom stereocenters. The second kappa shape index (κ2) is 12.6. The number of carbonyl (C=O) groups excluding carboxylic acids is 3. The molecular weight excluding hydrogens is 468 g/mol. The number of hydrogen-bond acceptors (Lipinski definition) is 6. The van der Waals surface area contributed by atoms with Crippen LogP contribution >= 0.6 is 0 Å². The fraction of sp³-hybridized carbons (Fsp3) is 0.321. The molecule has 3 amide bonds. The summed E-state index contributed by atoms with van der Waals surface area (Å²) in [6.45, 7) is 3.86. The highest BCUT2D eigenvalue weighted by Gasteiger charge is 2.26. The third-order valence-electron chi connectivity index (χ3n) is 6.30. The maximum atomic E-state index is 12.8. The van der Waals surface area contributed by atoms with Gasteiger partial charge in [0.2, 0.25) is 11.8 Å². The molecule has 192 valence electrons. The maximum absolute atomic E-state index is 12.8. The van der Waals surface area contributed by atoms with Crippen molar-refractivity contribution in [2.75, 3.05) is 36.4 Å². The van der Waals surface area contributed by atoms with E-state index in [2.05, 4.69) is 31.0 Å². The molecule has 0 spiro atoms. The number of rotatable bonds is 9. The van der Waals surface area contributed by atoms with Gasteiger partial charge >= 0.3 is 0 Å². The van der Waals surface area contributed by atoms with E-state index >= 15 is 0 Å². The van der Waals surface area contributed by atoms with Crippen molar-refractivity contribution in [2.24, 2.45) is 5.92 Å². The number of aromatic nitrogens is 2. The van der Waals surface area contributed by atoms with Crippen molar-refractivity contribution < 1.29 is 14.4 Å². The zero-order chi connectivity index (χ0) is 26.0. The van der Waals surface area contributed by atoms with Gasteiger partial charge in [-0.1, -0.05) is 37.3 Å². The van der Waals surface area contributed by atoms with E-state index in [9.17, 15) is 14.4 Å². The summed E-state index contributed by atoms with van der Waals surface area (Å²) in [4.78, 5) is 38.7. The van der Waals surface area contributed by atoms with Gasteiger partial charge in [0.25, 0.3) is 5.91 Å². The Hall–Kier alpha value is -4.27. The van der Waals surface area contributed by atoms with Crippen LogP contribution in [0.2, 0.25) is 0 Å². The third kappa shape index (κ3) is 7.13. The molecule has 0 saturated carbocycles. The van der Waals surface area contributed by atoms with Crippen LogP contribution in [0.3, 0.4) is 0 Å². The summed E-state index contributed by atoms with van der Waals surface area (Å²) in [7, 11) is 0. The average molecular weight is 501 g/mol. The molecule has 0 aliphatic carbocycles. The predicted molar refractivity (Wildman–Crippen MR) is 143 cm³/mol. The molecule has 1 fully saturated rings. The molecule has 1 unspecified atom stereocenters. The molecule has 2 aromatic carbocycles. The van der Waals surface area contributed by atoms with E-state index < -0.39 is 0 Å². The Kier molecular flexibility index (Phi) is 8.80. The minimum atomic E-state index is -0.232. The van der Waals surface area contributed by atoms with Crippen molar-refractivity contribution in [1.29, 1.82) is 0 Å². The number of hydrogen-bond donors (Lipinski definition) is 3. The van der Waals surface area contributed by atoms with Gasteiger partial charge in [0.15, 0.2) is 5.82 Å². The Morgan fingerprint density at radius 3 is 2.38 bits per heavy atom. The quantitative estimate of drug-likeness (QED) is 0.389. The first-order valence-electron chi connectivity index (χ1n) is 12.6. The lowest BCUT2D eigenvalue weighted by atomic mass is 9.97. The van der Waals surface area contributed by atoms with Crippen molar-refractivity contribution in [3.05, 3.63) is 72.3 Å². The first-order valence-corrected chi connectivity index (χ1v) is 12.6. The van der Waals surface area contributed by atoms with Crippen molar-refractivity contribution in [1.82, 2.24) is 20.8 Å². The first-order chi connectivity index (χ1) is 18.0. The van der Waals surface area contributed by atoms with Gasteiger partial charge in [-0.05, 0) is 49.2 Å². The largest absolute Gasteiger partial charge is 0.354 e. The number of carbonyl (C=O) groups is 3. The fourth-order valence-electron chi connectivity index (χ4n) is 4.22. The van der Waals surface area contributed by atoms with Crippen LogP contribution in [0.4, 0.5) is 11.5 Å². The predicted octanol–water partition coefficient (Wildman–Crippen LogP) is 3.25. The molecule has 4 rings (SSSR count). The average Bonchev–Trinajstić information content (AvgIpc) is 2.96. The summed E-state index contributed by atoms with van der Waals surface area (Å²) >= 11 is 0. The number of piperidine rings is 1. The Bertz CT molecular complexity index is 1200. The second-order valence-corrected chi connectivity index (χ2v) is 8.95. The Labute approximate surface area is 216 Å². The van der Waals surface area contributed by atoms with E-state index in [1.165, 1.54) is 0 Å². The summed E-state index contributed by atoms with van der Waals surface area (Å²) in [6, 6.07) is 20.5. The number of nitrogens with zero attached hydrogens (tertiary/aromatic N) is 3. The lowest BCUT2D eigenvalue weighted by molar-refractivity contribution is -0.125. The summed E-state index contributed by atoms with van der Waals surface area (Å²) in [5.74, 6) is 0.284. The van der Waals surface area contributed by atoms with E-state index in [0.717, 1.165) is 36.5 Å². The van der Waals surface area contributed by atoms with Crippen LogP contribution in [0.1, 0.15) is 36.5 Å². The van der Waals surface area contributed by atoms with E-state index in [-0.39, 0.29) is 23.6 Å². The molecule has 3 N–H and O–H groups in total. The number of anilines is 2. The van der Waals surface area contributed by atoms with Gasteiger partial charge in [-0.15, -0.1) is 10.2 Å². The molecule has 1 saturated heterocycles. The molecule has 3 aromatic rings. The third-order valence-corrected chi connectivity index (χ3v) is 6.30. The monoisotopic (exact) mass is 500 g/mol. The Morgan fingerprint density at radius 2 is 1.68 bits per heavy atom. The first kappa shape index (κ1) is 25.8. The van der Waals surface area contributed by atoms with Gasteiger partial charge in [0, 0.05) is 49.4 Å². The van der Waals surface area contributed by atoms with Gasteiger partial charge in [0.05, 0.1) is 11.6 Å². The number of amides is 3. The van der Waals surface area contributed by atoms with Crippen LogP contribution in [0.25, 0.3) is 11.3 Å². The van der Waals surface area contributed by atoms with Crippen LogP contribution in [-0.2, 0) is 9.59 Å². The number of nitrogens with one attached hydrogen (secondary N) is 3. The van der Waals surface area contributed by atoms with E-state index in [4.69, 9.17) is 0 Å².